The number of hydrogen-bond donors (Lipinski definition) is 2. The van der Waals surface area contributed by atoms with Gasteiger partial charge in [0.05, 0.1) is 0 Å². The largest absolute Gasteiger partial charge is 0.378 e. The van der Waals surface area contributed by atoms with Crippen LogP contribution in [0.5, 0.6) is 0 Å². The number of amides is 1. The average Bonchev–Trinajstić information content (AvgIpc) is 2.27. The van der Waals surface area contributed by atoms with Crippen LogP contribution >= 0.6 is 0 Å². The number of carbonyl (C=O) groups is 1. The van der Waals surface area contributed by atoms with Crippen LogP contribution in [0, 0.1) is 0 Å². The molecule has 0 radical (unpaired) electrons. The van der Waals surface area contributed by atoms with Crippen molar-refractivity contribution < 1.29 is 4.79 Å². The summed E-state index contributed by atoms with van der Waals surface area (Å²) < 4.78 is 0. The van der Waals surface area contributed by atoms with Crippen molar-refractivity contribution in [2.45, 2.75) is 6.04 Å². The second kappa shape index (κ2) is 4.79. The van der Waals surface area contributed by atoms with Gasteiger partial charge in [0.25, 0.3) is 0 Å². The van der Waals surface area contributed by atoms with Crippen molar-refractivity contribution in [1.29, 1.82) is 0 Å². The zero-order chi connectivity index (χ0) is 11.4. The molecular weight excluding hydrogens is 190 g/mol. The van der Waals surface area contributed by atoms with Gasteiger partial charge in [-0.3, -0.25) is 4.79 Å². The lowest BCUT2D eigenvalue weighted by Crippen LogP contribution is -2.31. The van der Waals surface area contributed by atoms with Crippen molar-refractivity contribution in [3.05, 3.63) is 29.8 Å². The Morgan fingerprint density at radius 2 is 1.87 bits per heavy atom. The van der Waals surface area contributed by atoms with Gasteiger partial charge in [-0.05, 0) is 17.7 Å². The molecule has 82 valence electrons. The minimum Gasteiger partial charge on any atom is -0.378 e. The summed E-state index contributed by atoms with van der Waals surface area (Å²) in [5.74, 6) is -0.174. The standard InChI is InChI=1S/C11H17N3O/c1-13-11(15)10(12)8-4-6-9(7-5-8)14(2)3/h4-7,10H,12H2,1-3H3,(H,13,15). The molecule has 3 N–H and O–H groups in total. The van der Waals surface area contributed by atoms with Gasteiger partial charge in [0.2, 0.25) is 5.91 Å². The van der Waals surface area contributed by atoms with Crippen LogP contribution in [0.3, 0.4) is 0 Å². The maximum absolute atomic E-state index is 11.3. The van der Waals surface area contributed by atoms with E-state index in [0.29, 0.717) is 0 Å². The molecular formula is C11H17N3O. The maximum Gasteiger partial charge on any atom is 0.241 e. The maximum atomic E-state index is 11.3. The van der Waals surface area contributed by atoms with Gasteiger partial charge in [-0.1, -0.05) is 12.1 Å². The molecule has 1 rings (SSSR count). The van der Waals surface area contributed by atoms with Crippen LogP contribution in [-0.2, 0) is 4.79 Å². The van der Waals surface area contributed by atoms with Gasteiger partial charge >= 0.3 is 0 Å². The van der Waals surface area contributed by atoms with Crippen molar-refractivity contribution >= 4 is 11.6 Å². The molecule has 4 heteroatoms. The minimum absolute atomic E-state index is 0.174. The Hall–Kier alpha value is -1.55. The molecule has 4 nitrogen and oxygen atoms in total. The van der Waals surface area contributed by atoms with Gasteiger partial charge in [-0.25, -0.2) is 0 Å². The molecule has 1 unspecified atom stereocenters. The van der Waals surface area contributed by atoms with Crippen LogP contribution < -0.4 is 16.0 Å². The SMILES string of the molecule is CNC(=O)C(N)c1ccc(N(C)C)cc1. The second-order valence-corrected chi connectivity index (χ2v) is 3.58. The number of hydrogen-bond acceptors (Lipinski definition) is 3. The smallest absolute Gasteiger partial charge is 0.241 e. The summed E-state index contributed by atoms with van der Waals surface area (Å²) in [5, 5.41) is 2.53. The molecule has 1 atom stereocenters. The molecule has 0 aliphatic carbocycles. The molecule has 0 fully saturated rings. The fraction of sp³-hybridized carbons (Fsp3) is 0.364. The summed E-state index contributed by atoms with van der Waals surface area (Å²) >= 11 is 0. The Bertz CT molecular complexity index is 332. The fourth-order valence-electron chi connectivity index (χ4n) is 1.29. The van der Waals surface area contributed by atoms with E-state index in [1.807, 2.05) is 43.3 Å². The minimum atomic E-state index is -0.591. The van der Waals surface area contributed by atoms with E-state index in [0.717, 1.165) is 11.3 Å². The summed E-state index contributed by atoms with van der Waals surface area (Å²) in [5.41, 5.74) is 7.65. The Morgan fingerprint density at radius 1 is 1.33 bits per heavy atom. The van der Waals surface area contributed by atoms with Crippen LogP contribution in [0.25, 0.3) is 0 Å². The summed E-state index contributed by atoms with van der Waals surface area (Å²) in [6.45, 7) is 0. The molecule has 0 spiro atoms. The van der Waals surface area contributed by atoms with E-state index in [-0.39, 0.29) is 5.91 Å². The number of nitrogens with zero attached hydrogens (tertiary/aromatic N) is 1. The Labute approximate surface area is 90.1 Å². The average molecular weight is 207 g/mol. The molecule has 0 saturated heterocycles. The zero-order valence-electron chi connectivity index (χ0n) is 9.32. The molecule has 1 aromatic carbocycles. The lowest BCUT2D eigenvalue weighted by Gasteiger charge is -2.14. The summed E-state index contributed by atoms with van der Waals surface area (Å²) in [6, 6.07) is 7.03. The number of nitrogens with one attached hydrogen (secondary N) is 1. The number of carbonyl (C=O) groups excluding carboxylic acids is 1. The predicted molar refractivity (Wildman–Crippen MR) is 61.8 cm³/mol. The molecule has 1 amide bonds. The topological polar surface area (TPSA) is 58.4 Å². The summed E-state index contributed by atoms with van der Waals surface area (Å²) in [7, 11) is 5.51. The Kier molecular flexibility index (Phi) is 3.68. The molecule has 0 aromatic heterocycles. The third-order valence-electron chi connectivity index (χ3n) is 2.30. The monoisotopic (exact) mass is 207 g/mol. The van der Waals surface area contributed by atoms with E-state index < -0.39 is 6.04 Å². The number of benzene rings is 1. The van der Waals surface area contributed by atoms with Crippen LogP contribution in [0.15, 0.2) is 24.3 Å². The fourth-order valence-corrected chi connectivity index (χ4v) is 1.29. The van der Waals surface area contributed by atoms with Crippen LogP contribution in [-0.4, -0.2) is 27.1 Å². The molecule has 0 bridgehead atoms. The molecule has 0 aliphatic heterocycles. The highest BCUT2D eigenvalue weighted by molar-refractivity contribution is 5.82. The van der Waals surface area contributed by atoms with Gasteiger partial charge in [-0.15, -0.1) is 0 Å². The van der Waals surface area contributed by atoms with Crippen LogP contribution in [0.4, 0.5) is 5.69 Å². The predicted octanol–water partition coefficient (Wildman–Crippen LogP) is 0.498. The van der Waals surface area contributed by atoms with Crippen molar-refractivity contribution in [1.82, 2.24) is 5.32 Å². The normalized spacial score (nSPS) is 12.0. The van der Waals surface area contributed by atoms with E-state index in [4.69, 9.17) is 5.73 Å². The number of likely N-dealkylation sites (N-methyl/N-ethyl adjacent to an activating group) is 1. The number of nitrogens with two attached hydrogens (primary N) is 1. The number of anilines is 1. The molecule has 1 aromatic rings. The molecule has 0 heterocycles. The van der Waals surface area contributed by atoms with E-state index in [1.54, 1.807) is 7.05 Å². The molecule has 0 saturated carbocycles. The molecule has 15 heavy (non-hydrogen) atoms. The first-order valence-electron chi connectivity index (χ1n) is 4.80. The van der Waals surface area contributed by atoms with Crippen LogP contribution in [0.2, 0.25) is 0 Å². The highest BCUT2D eigenvalue weighted by Crippen LogP contribution is 2.16. The van der Waals surface area contributed by atoms with E-state index >= 15 is 0 Å². The van der Waals surface area contributed by atoms with E-state index in [1.165, 1.54) is 0 Å². The Morgan fingerprint density at radius 3 is 2.27 bits per heavy atom. The van der Waals surface area contributed by atoms with Gasteiger partial charge in [0.15, 0.2) is 0 Å². The highest BCUT2D eigenvalue weighted by atomic mass is 16.2. The zero-order valence-corrected chi connectivity index (χ0v) is 9.32. The van der Waals surface area contributed by atoms with E-state index in [9.17, 15) is 4.79 Å². The first-order valence-corrected chi connectivity index (χ1v) is 4.80. The lowest BCUT2D eigenvalue weighted by molar-refractivity contribution is -0.121. The van der Waals surface area contributed by atoms with Crippen molar-refractivity contribution in [2.75, 3.05) is 26.0 Å². The van der Waals surface area contributed by atoms with Gasteiger partial charge in [-0.2, -0.15) is 0 Å². The van der Waals surface area contributed by atoms with Gasteiger partial charge in [0, 0.05) is 26.8 Å². The number of rotatable bonds is 3. The first-order chi connectivity index (χ1) is 7.06. The second-order valence-electron chi connectivity index (χ2n) is 3.58. The Balaban J connectivity index is 2.84. The first kappa shape index (κ1) is 11.5. The quantitative estimate of drug-likeness (QED) is 0.758. The van der Waals surface area contributed by atoms with Crippen LogP contribution in [0.1, 0.15) is 11.6 Å². The highest BCUT2D eigenvalue weighted by Gasteiger charge is 2.13. The summed E-state index contributed by atoms with van der Waals surface area (Å²) in [6.07, 6.45) is 0. The van der Waals surface area contributed by atoms with Crippen molar-refractivity contribution in [2.24, 2.45) is 5.73 Å². The van der Waals surface area contributed by atoms with Gasteiger partial charge in [0.1, 0.15) is 6.04 Å². The van der Waals surface area contributed by atoms with Gasteiger partial charge < -0.3 is 16.0 Å². The summed E-state index contributed by atoms with van der Waals surface area (Å²) in [4.78, 5) is 13.3. The lowest BCUT2D eigenvalue weighted by atomic mass is 10.1. The third kappa shape index (κ3) is 2.70. The van der Waals surface area contributed by atoms with Crippen molar-refractivity contribution in [3.8, 4) is 0 Å². The molecule has 0 aliphatic rings. The van der Waals surface area contributed by atoms with Crippen molar-refractivity contribution in [3.63, 3.8) is 0 Å². The third-order valence-corrected chi connectivity index (χ3v) is 2.30. The van der Waals surface area contributed by atoms with E-state index in [2.05, 4.69) is 5.32 Å².